The molecule has 0 heterocycles. The Kier molecular flexibility index (Phi) is 7.66. The van der Waals surface area contributed by atoms with Gasteiger partial charge in [0.15, 0.2) is 0 Å². The molecular formula is C15H32N2S. The van der Waals surface area contributed by atoms with Gasteiger partial charge in [0.05, 0.1) is 0 Å². The second kappa shape index (κ2) is 8.44. The van der Waals surface area contributed by atoms with Crippen LogP contribution in [0, 0.1) is 11.8 Å². The van der Waals surface area contributed by atoms with E-state index >= 15 is 0 Å². The van der Waals surface area contributed by atoms with Gasteiger partial charge in [-0.15, -0.1) is 0 Å². The highest BCUT2D eigenvalue weighted by molar-refractivity contribution is 8.00. The van der Waals surface area contributed by atoms with Crippen LogP contribution < -0.4 is 5.32 Å². The first-order chi connectivity index (χ1) is 8.62. The van der Waals surface area contributed by atoms with Gasteiger partial charge in [-0.3, -0.25) is 0 Å². The zero-order valence-corrected chi connectivity index (χ0v) is 13.7. The fourth-order valence-electron chi connectivity index (χ4n) is 3.25. The predicted octanol–water partition coefficient (Wildman–Crippen LogP) is 3.08. The van der Waals surface area contributed by atoms with E-state index in [9.17, 15) is 0 Å². The average molecular weight is 273 g/mol. The zero-order chi connectivity index (χ0) is 13.5. The minimum absolute atomic E-state index is 0.713. The van der Waals surface area contributed by atoms with Gasteiger partial charge >= 0.3 is 0 Å². The first-order valence-electron chi connectivity index (χ1n) is 7.63. The molecule has 0 aromatic carbocycles. The molecule has 108 valence electrons. The van der Waals surface area contributed by atoms with Crippen molar-refractivity contribution in [3.8, 4) is 0 Å². The van der Waals surface area contributed by atoms with Gasteiger partial charge in [-0.05, 0) is 44.8 Å². The molecule has 1 N–H and O–H groups in total. The Morgan fingerprint density at radius 1 is 1.17 bits per heavy atom. The molecule has 0 saturated heterocycles. The Morgan fingerprint density at radius 3 is 2.39 bits per heavy atom. The Balaban J connectivity index is 2.38. The van der Waals surface area contributed by atoms with E-state index in [1.54, 1.807) is 0 Å². The maximum Gasteiger partial charge on any atom is 0.0227 e. The fourth-order valence-corrected chi connectivity index (χ4v) is 4.80. The molecule has 0 radical (unpaired) electrons. The number of nitrogens with one attached hydrogen (secondary N) is 1. The van der Waals surface area contributed by atoms with E-state index < -0.39 is 0 Å². The van der Waals surface area contributed by atoms with Gasteiger partial charge in [-0.2, -0.15) is 11.8 Å². The topological polar surface area (TPSA) is 15.3 Å². The molecule has 0 bridgehead atoms. The molecule has 0 aromatic heterocycles. The van der Waals surface area contributed by atoms with Gasteiger partial charge in [0.1, 0.15) is 0 Å². The van der Waals surface area contributed by atoms with Crippen molar-refractivity contribution in [2.45, 2.75) is 51.8 Å². The van der Waals surface area contributed by atoms with E-state index in [1.807, 2.05) is 0 Å². The summed E-state index contributed by atoms with van der Waals surface area (Å²) in [5.74, 6) is 3.02. The summed E-state index contributed by atoms with van der Waals surface area (Å²) in [6.45, 7) is 13.0. The lowest BCUT2D eigenvalue weighted by molar-refractivity contribution is 0.256. The van der Waals surface area contributed by atoms with Crippen molar-refractivity contribution in [1.29, 1.82) is 0 Å². The molecule has 18 heavy (non-hydrogen) atoms. The fraction of sp³-hybridized carbons (Fsp3) is 1.00. The molecule has 4 atom stereocenters. The van der Waals surface area contributed by atoms with E-state index in [0.717, 1.165) is 17.1 Å². The first-order valence-corrected chi connectivity index (χ1v) is 8.68. The van der Waals surface area contributed by atoms with Gasteiger partial charge in [-0.25, -0.2) is 0 Å². The summed E-state index contributed by atoms with van der Waals surface area (Å²) in [5.41, 5.74) is 0. The molecule has 1 aliphatic carbocycles. The smallest absolute Gasteiger partial charge is 0.0227 e. The van der Waals surface area contributed by atoms with Crippen molar-refractivity contribution in [3.05, 3.63) is 0 Å². The standard InChI is InChI=1S/C15H32N2S/c1-6-17(7-2)8-9-18-15-13(4)10-12(3)11-14(15)16-5/h12-16H,6-11H2,1-5H3. The molecule has 3 heteroatoms. The van der Waals surface area contributed by atoms with Crippen molar-refractivity contribution in [2.75, 3.05) is 32.4 Å². The summed E-state index contributed by atoms with van der Waals surface area (Å²) in [7, 11) is 2.13. The van der Waals surface area contributed by atoms with Crippen molar-refractivity contribution in [2.24, 2.45) is 11.8 Å². The van der Waals surface area contributed by atoms with Crippen LogP contribution in [0.3, 0.4) is 0 Å². The number of hydrogen-bond donors (Lipinski definition) is 1. The van der Waals surface area contributed by atoms with E-state index in [-0.39, 0.29) is 0 Å². The lowest BCUT2D eigenvalue weighted by atomic mass is 9.80. The highest BCUT2D eigenvalue weighted by Gasteiger charge is 2.33. The maximum atomic E-state index is 3.55. The molecule has 2 nitrogen and oxygen atoms in total. The quantitative estimate of drug-likeness (QED) is 0.767. The summed E-state index contributed by atoms with van der Waals surface area (Å²) in [6, 6.07) is 0.713. The average Bonchev–Trinajstić information content (AvgIpc) is 2.36. The summed E-state index contributed by atoms with van der Waals surface area (Å²) < 4.78 is 0. The van der Waals surface area contributed by atoms with Gasteiger partial charge in [-0.1, -0.05) is 27.7 Å². The third kappa shape index (κ3) is 4.75. The third-order valence-corrected chi connectivity index (χ3v) is 5.97. The summed E-state index contributed by atoms with van der Waals surface area (Å²) in [6.07, 6.45) is 2.75. The van der Waals surface area contributed by atoms with Crippen LogP contribution in [-0.4, -0.2) is 48.6 Å². The Labute approximate surface area is 118 Å². The van der Waals surface area contributed by atoms with Gasteiger partial charge < -0.3 is 10.2 Å². The van der Waals surface area contributed by atoms with Crippen LogP contribution in [0.15, 0.2) is 0 Å². The molecule has 0 aliphatic heterocycles. The summed E-state index contributed by atoms with van der Waals surface area (Å²) >= 11 is 2.20. The number of rotatable bonds is 7. The normalized spacial score (nSPS) is 33.0. The van der Waals surface area contributed by atoms with Gasteiger partial charge in [0.2, 0.25) is 0 Å². The number of nitrogens with zero attached hydrogens (tertiary/aromatic N) is 1. The van der Waals surface area contributed by atoms with Crippen LogP contribution in [0.2, 0.25) is 0 Å². The molecule has 1 rings (SSSR count). The van der Waals surface area contributed by atoms with E-state index in [2.05, 4.69) is 56.7 Å². The summed E-state index contributed by atoms with van der Waals surface area (Å²) in [4.78, 5) is 2.53. The van der Waals surface area contributed by atoms with Crippen LogP contribution in [0.4, 0.5) is 0 Å². The zero-order valence-electron chi connectivity index (χ0n) is 12.9. The van der Waals surface area contributed by atoms with E-state index in [0.29, 0.717) is 6.04 Å². The molecule has 0 aromatic rings. The minimum atomic E-state index is 0.713. The molecule has 4 unspecified atom stereocenters. The minimum Gasteiger partial charge on any atom is -0.316 e. The lowest BCUT2D eigenvalue weighted by Gasteiger charge is -2.39. The van der Waals surface area contributed by atoms with Crippen LogP contribution in [0.25, 0.3) is 0 Å². The van der Waals surface area contributed by atoms with Crippen LogP contribution in [0.1, 0.15) is 40.5 Å². The van der Waals surface area contributed by atoms with Crippen molar-refractivity contribution < 1.29 is 0 Å². The van der Waals surface area contributed by atoms with E-state index in [4.69, 9.17) is 0 Å². The third-order valence-electron chi connectivity index (χ3n) is 4.37. The SMILES string of the molecule is CCN(CC)CCSC1C(C)CC(C)CC1NC. The molecule has 1 aliphatic rings. The first kappa shape index (κ1) is 16.3. The highest BCUT2D eigenvalue weighted by Crippen LogP contribution is 2.36. The second-order valence-electron chi connectivity index (χ2n) is 5.81. The Bertz CT molecular complexity index is 219. The maximum absolute atomic E-state index is 3.55. The van der Waals surface area contributed by atoms with Crippen molar-refractivity contribution >= 4 is 11.8 Å². The van der Waals surface area contributed by atoms with Crippen LogP contribution in [-0.2, 0) is 0 Å². The van der Waals surface area contributed by atoms with Crippen molar-refractivity contribution in [3.63, 3.8) is 0 Å². The Hall–Kier alpha value is 0.270. The molecular weight excluding hydrogens is 240 g/mol. The van der Waals surface area contributed by atoms with Gasteiger partial charge in [0, 0.05) is 23.6 Å². The second-order valence-corrected chi connectivity index (χ2v) is 7.10. The molecule has 1 fully saturated rings. The number of hydrogen-bond acceptors (Lipinski definition) is 3. The molecule has 0 spiro atoms. The Morgan fingerprint density at radius 2 is 1.83 bits per heavy atom. The van der Waals surface area contributed by atoms with E-state index in [1.165, 1.54) is 38.2 Å². The number of thioether (sulfide) groups is 1. The predicted molar refractivity (Wildman–Crippen MR) is 84.4 cm³/mol. The monoisotopic (exact) mass is 272 g/mol. The largest absolute Gasteiger partial charge is 0.316 e. The summed E-state index contributed by atoms with van der Waals surface area (Å²) in [5, 5.41) is 4.35. The molecule has 1 saturated carbocycles. The van der Waals surface area contributed by atoms with Crippen LogP contribution in [0.5, 0.6) is 0 Å². The highest BCUT2D eigenvalue weighted by atomic mass is 32.2. The van der Waals surface area contributed by atoms with Crippen molar-refractivity contribution in [1.82, 2.24) is 10.2 Å². The van der Waals surface area contributed by atoms with Crippen LogP contribution >= 0.6 is 11.8 Å². The van der Waals surface area contributed by atoms with Gasteiger partial charge in [0.25, 0.3) is 0 Å². The lowest BCUT2D eigenvalue weighted by Crippen LogP contribution is -2.45. The molecule has 0 amide bonds.